The van der Waals surface area contributed by atoms with Crippen molar-refractivity contribution in [2.24, 2.45) is 5.41 Å². The van der Waals surface area contributed by atoms with E-state index in [1.165, 1.54) is 0 Å². The molecule has 0 radical (unpaired) electrons. The molecule has 2 rings (SSSR count). The fourth-order valence-corrected chi connectivity index (χ4v) is 2.82. The number of benzene rings is 1. The molecule has 0 spiro atoms. The first-order valence-corrected chi connectivity index (χ1v) is 7.95. The van der Waals surface area contributed by atoms with Gasteiger partial charge < -0.3 is 5.11 Å². The molecule has 122 valence electrons. The number of nitrogens with zero attached hydrogens (tertiary/aromatic N) is 1. The predicted molar refractivity (Wildman–Crippen MR) is 84.9 cm³/mol. The summed E-state index contributed by atoms with van der Waals surface area (Å²) in [6.45, 7) is 4.77. The van der Waals surface area contributed by atoms with Gasteiger partial charge in [-0.25, -0.2) is 5.48 Å². The lowest BCUT2D eigenvalue weighted by Crippen LogP contribution is -2.45. The van der Waals surface area contributed by atoms with E-state index in [2.05, 4.69) is 17.3 Å². The number of aliphatic hydroxyl groups excluding tert-OH is 1. The van der Waals surface area contributed by atoms with Crippen LogP contribution in [0.4, 0.5) is 0 Å². The Morgan fingerprint density at radius 1 is 1.32 bits per heavy atom. The molecule has 0 bridgehead atoms. The summed E-state index contributed by atoms with van der Waals surface area (Å²) in [6.07, 6.45) is 2.88. The molecule has 1 fully saturated rings. The molecule has 1 aliphatic rings. The molecule has 0 aliphatic carbocycles. The van der Waals surface area contributed by atoms with E-state index in [0.717, 1.165) is 37.9 Å². The van der Waals surface area contributed by atoms with Gasteiger partial charge in [-0.15, -0.1) is 0 Å². The van der Waals surface area contributed by atoms with Crippen molar-refractivity contribution in [1.29, 1.82) is 0 Å². The fraction of sp³-hybridized carbons (Fsp3) is 0.588. The number of rotatable bonds is 7. The minimum atomic E-state index is -0.121. The van der Waals surface area contributed by atoms with Crippen LogP contribution in [0.25, 0.3) is 0 Å². The molecule has 1 heterocycles. The normalized spacial score (nSPS) is 18.1. The third-order valence-electron chi connectivity index (χ3n) is 4.64. The first-order chi connectivity index (χ1) is 10.7. The van der Waals surface area contributed by atoms with Crippen molar-refractivity contribution in [3.63, 3.8) is 0 Å². The zero-order chi connectivity index (χ0) is 15.8. The average Bonchev–Trinajstić information content (AvgIpc) is 2.57. The number of hydroxylamine groups is 1. The van der Waals surface area contributed by atoms with Crippen molar-refractivity contribution in [2.45, 2.75) is 32.8 Å². The number of likely N-dealkylation sites (tertiary alicyclic amines) is 1. The lowest BCUT2D eigenvalue weighted by molar-refractivity contribution is -0.136. The van der Waals surface area contributed by atoms with Gasteiger partial charge in [0.2, 0.25) is 0 Å². The Balaban J connectivity index is 1.66. The highest BCUT2D eigenvalue weighted by molar-refractivity contribution is 5.76. The zero-order valence-electron chi connectivity index (χ0n) is 13.3. The molecule has 1 amide bonds. The second kappa shape index (κ2) is 8.27. The molecule has 1 aliphatic heterocycles. The van der Waals surface area contributed by atoms with Crippen LogP contribution in [0.15, 0.2) is 30.3 Å². The van der Waals surface area contributed by atoms with Crippen molar-refractivity contribution in [3.05, 3.63) is 35.9 Å². The number of carbonyl (C=O) groups excluding carboxylic acids is 1. The molecular weight excluding hydrogens is 280 g/mol. The van der Waals surface area contributed by atoms with Gasteiger partial charge in [-0.3, -0.25) is 14.5 Å². The number of hydrogen-bond donors (Lipinski definition) is 2. The van der Waals surface area contributed by atoms with Gasteiger partial charge in [0, 0.05) is 6.61 Å². The quantitative estimate of drug-likeness (QED) is 0.753. The maximum absolute atomic E-state index is 11.9. The molecule has 5 nitrogen and oxygen atoms in total. The van der Waals surface area contributed by atoms with E-state index in [0.29, 0.717) is 13.2 Å². The Bertz CT molecular complexity index is 450. The number of hydrogen-bond acceptors (Lipinski definition) is 4. The van der Waals surface area contributed by atoms with Crippen molar-refractivity contribution >= 4 is 5.91 Å². The number of nitrogens with one attached hydrogen (secondary N) is 1. The standard InChI is InChI=1S/C17H26N2O3/c1-2-17(14-20)8-10-19(11-9-17)12-16(21)18-22-13-15-6-4-3-5-7-15/h3-7,20H,2,8-14H2,1H3,(H,18,21). The monoisotopic (exact) mass is 306 g/mol. The van der Waals surface area contributed by atoms with Crippen LogP contribution in [0.1, 0.15) is 31.7 Å². The van der Waals surface area contributed by atoms with Gasteiger partial charge >= 0.3 is 0 Å². The van der Waals surface area contributed by atoms with Crippen LogP contribution in [0.3, 0.4) is 0 Å². The molecule has 1 aromatic carbocycles. The molecule has 1 saturated heterocycles. The summed E-state index contributed by atoms with van der Waals surface area (Å²) in [5.74, 6) is -0.121. The Morgan fingerprint density at radius 2 is 2.00 bits per heavy atom. The lowest BCUT2D eigenvalue weighted by atomic mass is 9.77. The lowest BCUT2D eigenvalue weighted by Gasteiger charge is -2.39. The number of carbonyl (C=O) groups is 1. The van der Waals surface area contributed by atoms with E-state index in [1.807, 2.05) is 30.3 Å². The molecule has 0 saturated carbocycles. The number of aliphatic hydroxyl groups is 1. The van der Waals surface area contributed by atoms with Gasteiger partial charge in [0.25, 0.3) is 5.91 Å². The molecule has 2 N–H and O–H groups in total. The molecular formula is C17H26N2O3. The van der Waals surface area contributed by atoms with E-state index in [-0.39, 0.29) is 17.9 Å². The summed E-state index contributed by atoms with van der Waals surface area (Å²) >= 11 is 0. The highest BCUT2D eigenvalue weighted by atomic mass is 16.6. The van der Waals surface area contributed by atoms with E-state index >= 15 is 0 Å². The highest BCUT2D eigenvalue weighted by Crippen LogP contribution is 2.33. The van der Waals surface area contributed by atoms with Crippen molar-refractivity contribution in [3.8, 4) is 0 Å². The third kappa shape index (κ3) is 4.80. The molecule has 0 unspecified atom stereocenters. The van der Waals surface area contributed by atoms with Crippen LogP contribution in [-0.2, 0) is 16.2 Å². The SMILES string of the molecule is CCC1(CO)CCN(CC(=O)NOCc2ccccc2)CC1. The number of amides is 1. The minimum absolute atomic E-state index is 0.0524. The first kappa shape index (κ1) is 16.9. The van der Waals surface area contributed by atoms with E-state index in [9.17, 15) is 9.90 Å². The zero-order valence-corrected chi connectivity index (χ0v) is 13.3. The van der Waals surface area contributed by atoms with Crippen LogP contribution in [-0.4, -0.2) is 42.2 Å². The van der Waals surface area contributed by atoms with E-state index in [1.54, 1.807) is 0 Å². The largest absolute Gasteiger partial charge is 0.396 e. The van der Waals surface area contributed by atoms with Crippen molar-refractivity contribution < 1.29 is 14.7 Å². The van der Waals surface area contributed by atoms with Crippen LogP contribution in [0, 0.1) is 5.41 Å². The maximum Gasteiger partial charge on any atom is 0.257 e. The summed E-state index contributed by atoms with van der Waals surface area (Å²) in [5, 5.41) is 9.52. The highest BCUT2D eigenvalue weighted by Gasteiger charge is 2.32. The second-order valence-corrected chi connectivity index (χ2v) is 6.09. The predicted octanol–water partition coefficient (Wildman–Crippen LogP) is 1.72. The van der Waals surface area contributed by atoms with Gasteiger partial charge in [-0.05, 0) is 43.3 Å². The minimum Gasteiger partial charge on any atom is -0.396 e. The maximum atomic E-state index is 11.9. The van der Waals surface area contributed by atoms with Crippen molar-refractivity contribution in [2.75, 3.05) is 26.2 Å². The Labute approximate surface area is 132 Å². The van der Waals surface area contributed by atoms with Crippen molar-refractivity contribution in [1.82, 2.24) is 10.4 Å². The van der Waals surface area contributed by atoms with Gasteiger partial charge in [-0.2, -0.15) is 0 Å². The Morgan fingerprint density at radius 3 is 2.59 bits per heavy atom. The average molecular weight is 306 g/mol. The fourth-order valence-electron chi connectivity index (χ4n) is 2.82. The summed E-state index contributed by atoms with van der Waals surface area (Å²) < 4.78 is 0. The van der Waals surface area contributed by atoms with Gasteiger partial charge in [0.1, 0.15) is 0 Å². The number of piperidine rings is 1. The molecule has 0 aromatic heterocycles. The first-order valence-electron chi connectivity index (χ1n) is 7.95. The topological polar surface area (TPSA) is 61.8 Å². The van der Waals surface area contributed by atoms with Gasteiger partial charge in [-0.1, -0.05) is 37.3 Å². The van der Waals surface area contributed by atoms with Crippen LogP contribution < -0.4 is 5.48 Å². The van der Waals surface area contributed by atoms with Crippen LogP contribution in [0.2, 0.25) is 0 Å². The van der Waals surface area contributed by atoms with Crippen LogP contribution >= 0.6 is 0 Å². The molecule has 1 aromatic rings. The van der Waals surface area contributed by atoms with Crippen LogP contribution in [0.5, 0.6) is 0 Å². The third-order valence-corrected chi connectivity index (χ3v) is 4.64. The van der Waals surface area contributed by atoms with Gasteiger partial charge in [0.15, 0.2) is 0 Å². The Hall–Kier alpha value is -1.43. The molecule has 5 heteroatoms. The smallest absolute Gasteiger partial charge is 0.257 e. The summed E-state index contributed by atoms with van der Waals surface area (Å²) in [5.41, 5.74) is 3.57. The summed E-state index contributed by atoms with van der Waals surface area (Å²) in [6, 6.07) is 9.73. The van der Waals surface area contributed by atoms with Gasteiger partial charge in [0.05, 0.1) is 13.2 Å². The summed E-state index contributed by atoms with van der Waals surface area (Å²) in [4.78, 5) is 19.2. The van der Waals surface area contributed by atoms with E-state index < -0.39 is 0 Å². The molecule has 0 atom stereocenters. The molecule has 22 heavy (non-hydrogen) atoms. The Kier molecular flexibility index (Phi) is 6.36. The second-order valence-electron chi connectivity index (χ2n) is 6.09. The van der Waals surface area contributed by atoms with E-state index in [4.69, 9.17) is 4.84 Å². The summed E-state index contributed by atoms with van der Waals surface area (Å²) in [7, 11) is 0.